The highest BCUT2D eigenvalue weighted by Crippen LogP contribution is 2.25. The van der Waals surface area contributed by atoms with E-state index in [2.05, 4.69) is 0 Å². The molecule has 0 radical (unpaired) electrons. The Morgan fingerprint density at radius 1 is 0.415 bits per heavy atom. The lowest BCUT2D eigenvalue weighted by Crippen LogP contribution is -2.64. The molecule has 1 heterocycles. The predicted octanol–water partition coefficient (Wildman–Crippen LogP) is 2.96. The number of rotatable bonds is 3. The maximum atomic E-state index is 14.8. The van der Waals surface area contributed by atoms with Crippen molar-refractivity contribution in [2.75, 3.05) is 0 Å². The van der Waals surface area contributed by atoms with E-state index in [-0.39, 0.29) is 0 Å². The number of benzene rings is 3. The highest BCUT2D eigenvalue weighted by molar-refractivity contribution is 6.87. The molecule has 20 heteroatoms. The molecule has 0 atom stereocenters. The van der Waals surface area contributed by atoms with Crippen molar-refractivity contribution < 1.29 is 66.4 Å². The minimum absolute atomic E-state index is 0.567. The van der Waals surface area contributed by atoms with Gasteiger partial charge < -0.3 is 13.7 Å². The van der Waals surface area contributed by atoms with Crippen molar-refractivity contribution in [1.29, 1.82) is 10.5 Å². The minimum Gasteiger partial charge on any atom is -0.444 e. The first-order valence-corrected chi connectivity index (χ1v) is 10.5. The molecule has 3 aromatic rings. The first-order chi connectivity index (χ1) is 19.2. The molecule has 0 N–H and O–H groups in total. The van der Waals surface area contributed by atoms with Gasteiger partial charge in [0.1, 0.15) is 23.3 Å². The monoisotopic (exact) mass is 592 g/mol. The van der Waals surface area contributed by atoms with Crippen molar-refractivity contribution in [2.24, 2.45) is 0 Å². The van der Waals surface area contributed by atoms with Crippen LogP contribution in [0.2, 0.25) is 0 Å². The Bertz CT molecular complexity index is 1550. The molecule has 41 heavy (non-hydrogen) atoms. The van der Waals surface area contributed by atoms with Crippen LogP contribution in [0.25, 0.3) is 0 Å². The van der Waals surface area contributed by atoms with Crippen LogP contribution in [0.4, 0.5) is 52.7 Å². The molecule has 1 aliphatic heterocycles. The fourth-order valence-electron chi connectivity index (χ4n) is 3.71. The van der Waals surface area contributed by atoms with E-state index in [4.69, 9.17) is 24.2 Å². The van der Waals surface area contributed by atoms with Gasteiger partial charge in [0, 0.05) is 5.56 Å². The average molecular weight is 592 g/mol. The lowest BCUT2D eigenvalue weighted by atomic mass is 9.60. The van der Waals surface area contributed by atoms with Gasteiger partial charge in [-0.3, -0.25) is 0 Å². The molecule has 0 unspecified atom stereocenters. The fourth-order valence-corrected chi connectivity index (χ4v) is 3.71. The number of nitrogens with zero attached hydrogens (tertiary/aromatic N) is 2. The van der Waals surface area contributed by atoms with Crippen LogP contribution in [0, 0.1) is 99.4 Å². The van der Waals surface area contributed by atoms with E-state index in [0.717, 1.165) is 12.1 Å². The third-order valence-corrected chi connectivity index (χ3v) is 5.78. The van der Waals surface area contributed by atoms with E-state index < -0.39 is 124 Å². The quantitative estimate of drug-likeness (QED) is 0.266. The first-order valence-electron chi connectivity index (χ1n) is 10.5. The van der Waals surface area contributed by atoms with Crippen LogP contribution >= 0.6 is 0 Å². The molecule has 0 aromatic heterocycles. The van der Waals surface area contributed by atoms with Crippen molar-refractivity contribution in [1.82, 2.24) is 0 Å². The van der Waals surface area contributed by atoms with Crippen LogP contribution in [-0.2, 0) is 13.7 Å². The highest BCUT2D eigenvalue weighted by Gasteiger charge is 2.52. The molecule has 0 aliphatic carbocycles. The van der Waals surface area contributed by atoms with Gasteiger partial charge in [0.05, 0.1) is 16.4 Å². The lowest BCUT2D eigenvalue weighted by molar-refractivity contribution is 0.299. The zero-order chi connectivity index (χ0) is 30.7. The van der Waals surface area contributed by atoms with Gasteiger partial charge in [-0.25, -0.2) is 52.7 Å². The summed E-state index contributed by atoms with van der Waals surface area (Å²) < 4.78 is 188. The van der Waals surface area contributed by atoms with Crippen LogP contribution in [0.3, 0.4) is 0 Å². The molecule has 0 spiro atoms. The summed E-state index contributed by atoms with van der Waals surface area (Å²) in [4.78, 5) is 0. The summed E-state index contributed by atoms with van der Waals surface area (Å²) in [5.74, 6) is -28.2. The van der Waals surface area contributed by atoms with Gasteiger partial charge in [-0.2, -0.15) is 10.5 Å². The number of hydrogen-bond donors (Lipinski definition) is 0. The molecular weight excluding hydrogens is 589 g/mol. The van der Waals surface area contributed by atoms with E-state index in [1.54, 1.807) is 0 Å². The van der Waals surface area contributed by atoms with Crippen molar-refractivity contribution >= 4 is 37.7 Å². The van der Waals surface area contributed by atoms with Gasteiger partial charge in [0.25, 0.3) is 0 Å². The van der Waals surface area contributed by atoms with Gasteiger partial charge in [-0.15, -0.1) is 0 Å². The maximum absolute atomic E-state index is 14.8. The Balaban J connectivity index is 2.01. The molecule has 0 bridgehead atoms. The van der Waals surface area contributed by atoms with Crippen molar-refractivity contribution in [3.8, 4) is 12.1 Å². The van der Waals surface area contributed by atoms with Gasteiger partial charge in [-0.1, -0.05) is 0 Å². The molecule has 4 rings (SSSR count). The first kappa shape index (κ1) is 29.8. The largest absolute Gasteiger partial charge is 0.473 e. The Labute approximate surface area is 220 Å². The summed E-state index contributed by atoms with van der Waals surface area (Å²) in [5, 5.41) is 17.5. The molecular formula is C21H3B3F12N2O3. The second-order valence-electron chi connectivity index (χ2n) is 8.01. The van der Waals surface area contributed by atoms with E-state index >= 15 is 0 Å². The van der Waals surface area contributed by atoms with E-state index in [1.165, 1.54) is 0 Å². The number of nitriles is 2. The third-order valence-electron chi connectivity index (χ3n) is 5.78. The number of hydrogen-bond acceptors (Lipinski definition) is 5. The molecule has 1 aliphatic rings. The Morgan fingerprint density at radius 2 is 0.634 bits per heavy atom. The van der Waals surface area contributed by atoms with Crippen molar-refractivity contribution in [3.05, 3.63) is 86.5 Å². The van der Waals surface area contributed by atoms with Gasteiger partial charge in [-0.05, 0) is 6.92 Å². The van der Waals surface area contributed by atoms with E-state index in [9.17, 15) is 52.7 Å². The fraction of sp³-hybridized carbons (Fsp3) is 0.0476. The Morgan fingerprint density at radius 3 is 0.854 bits per heavy atom. The lowest BCUT2D eigenvalue weighted by Gasteiger charge is -2.32. The van der Waals surface area contributed by atoms with E-state index in [0.29, 0.717) is 6.92 Å². The van der Waals surface area contributed by atoms with Crippen LogP contribution in [-0.4, -0.2) is 21.4 Å². The van der Waals surface area contributed by atoms with E-state index in [1.807, 2.05) is 0 Å². The Hall–Kier alpha value is -4.13. The topological polar surface area (TPSA) is 75.3 Å². The smallest absolute Gasteiger partial charge is 0.444 e. The molecule has 5 nitrogen and oxygen atoms in total. The standard InChI is InChI=1S/C21H3B3F12N2O3/c1-4-10(25)16(31)7(17(32)11(4)26)22-39-23(8-18(33)12(27)5(2-37)13(28)19(8)34)41-24(40-22)9-20(35)14(29)6(3-38)15(30)21(9)36/h1H3. The predicted molar refractivity (Wildman–Crippen MR) is 112 cm³/mol. The molecule has 1 fully saturated rings. The number of halogens is 12. The summed E-state index contributed by atoms with van der Waals surface area (Å²) in [6.45, 7) is 0.567. The third kappa shape index (κ3) is 4.48. The zero-order valence-electron chi connectivity index (χ0n) is 19.4. The summed E-state index contributed by atoms with van der Waals surface area (Å²) in [5.41, 5.74) is -10.8. The average Bonchev–Trinajstić information content (AvgIpc) is 2.94. The minimum atomic E-state index is -3.11. The summed E-state index contributed by atoms with van der Waals surface area (Å²) in [7, 11) is -9.28. The SMILES string of the molecule is Cc1c(F)c(F)c(B2OB(c3c(F)c(F)c(C#N)c(F)c3F)OB(c3c(F)c(F)c(C#N)c(F)c3F)O2)c(F)c1F. The van der Waals surface area contributed by atoms with Crippen molar-refractivity contribution in [3.63, 3.8) is 0 Å². The van der Waals surface area contributed by atoms with Gasteiger partial charge in [0.15, 0.2) is 69.8 Å². The molecule has 0 amide bonds. The van der Waals surface area contributed by atoms with Crippen LogP contribution in [0.15, 0.2) is 0 Å². The summed E-state index contributed by atoms with van der Waals surface area (Å²) in [6, 6.07) is 1.58. The Kier molecular flexibility index (Phi) is 7.79. The molecule has 1 saturated heterocycles. The highest BCUT2D eigenvalue weighted by atomic mass is 19.2. The summed E-state index contributed by atoms with van der Waals surface area (Å²) >= 11 is 0. The van der Waals surface area contributed by atoms with Crippen LogP contribution < -0.4 is 16.4 Å². The zero-order valence-corrected chi connectivity index (χ0v) is 19.4. The second kappa shape index (κ2) is 10.7. The van der Waals surface area contributed by atoms with Crippen LogP contribution in [0.1, 0.15) is 16.7 Å². The van der Waals surface area contributed by atoms with Gasteiger partial charge >= 0.3 is 21.4 Å². The van der Waals surface area contributed by atoms with Crippen LogP contribution in [0.5, 0.6) is 0 Å². The van der Waals surface area contributed by atoms with Gasteiger partial charge in [0.2, 0.25) is 0 Å². The molecule has 208 valence electrons. The maximum Gasteiger partial charge on any atom is 0.473 e. The molecule has 0 saturated carbocycles. The van der Waals surface area contributed by atoms with Crippen molar-refractivity contribution in [2.45, 2.75) is 6.92 Å². The normalized spacial score (nSPS) is 13.5. The second-order valence-corrected chi connectivity index (χ2v) is 8.01. The summed E-state index contributed by atoms with van der Waals surface area (Å²) in [6.07, 6.45) is 0. The molecule has 3 aromatic carbocycles.